The van der Waals surface area contributed by atoms with Gasteiger partial charge < -0.3 is 28.8 Å². The Hall–Kier alpha value is -0.673. The summed E-state index contributed by atoms with van der Waals surface area (Å²) in [4.78, 5) is 10.4. The van der Waals surface area contributed by atoms with E-state index < -0.39 is 20.9 Å². The summed E-state index contributed by atoms with van der Waals surface area (Å²) in [6, 6.07) is 0.110. The Bertz CT molecular complexity index is 215. The molecule has 102 valence electrons. The van der Waals surface area contributed by atoms with E-state index in [2.05, 4.69) is 5.32 Å². The SMILES string of the molecule is CO[Si](CCCC(CO)NC(=O)O)(OC)OC. The van der Waals surface area contributed by atoms with Crippen molar-refractivity contribution in [2.24, 2.45) is 0 Å². The molecule has 0 radical (unpaired) electrons. The monoisotopic (exact) mass is 267 g/mol. The van der Waals surface area contributed by atoms with E-state index in [0.717, 1.165) is 0 Å². The standard InChI is InChI=1S/C9H21NO6Si/c1-14-17(15-2,16-3)6-4-5-8(7-11)10-9(12)13/h8,10-11H,4-7H2,1-3H3,(H,12,13). The van der Waals surface area contributed by atoms with Gasteiger partial charge in [-0.25, -0.2) is 4.79 Å². The Morgan fingerprint density at radius 1 is 1.29 bits per heavy atom. The lowest BCUT2D eigenvalue weighted by molar-refractivity contribution is 0.122. The lowest BCUT2D eigenvalue weighted by Gasteiger charge is -2.25. The van der Waals surface area contributed by atoms with Gasteiger partial charge in [-0.15, -0.1) is 0 Å². The summed E-state index contributed by atoms with van der Waals surface area (Å²) >= 11 is 0. The van der Waals surface area contributed by atoms with Gasteiger partial charge in [-0.1, -0.05) is 0 Å². The first-order valence-corrected chi connectivity index (χ1v) is 7.22. The summed E-state index contributed by atoms with van der Waals surface area (Å²) < 4.78 is 15.7. The van der Waals surface area contributed by atoms with Gasteiger partial charge in [0.05, 0.1) is 12.6 Å². The molecule has 0 aliphatic heterocycles. The fourth-order valence-electron chi connectivity index (χ4n) is 1.50. The van der Waals surface area contributed by atoms with E-state index in [0.29, 0.717) is 18.9 Å². The fraction of sp³-hybridized carbons (Fsp3) is 0.889. The van der Waals surface area contributed by atoms with Crippen molar-refractivity contribution in [3.05, 3.63) is 0 Å². The van der Waals surface area contributed by atoms with Crippen LogP contribution in [0.3, 0.4) is 0 Å². The van der Waals surface area contributed by atoms with Crippen molar-refractivity contribution in [1.82, 2.24) is 5.32 Å². The molecule has 0 bridgehead atoms. The van der Waals surface area contributed by atoms with Crippen LogP contribution in [0.25, 0.3) is 0 Å². The molecule has 17 heavy (non-hydrogen) atoms. The number of amides is 1. The van der Waals surface area contributed by atoms with E-state index >= 15 is 0 Å². The summed E-state index contributed by atoms with van der Waals surface area (Å²) in [5.74, 6) is 0. The first-order valence-electron chi connectivity index (χ1n) is 5.29. The largest absolute Gasteiger partial charge is 0.500 e. The minimum atomic E-state index is -2.59. The molecule has 0 aliphatic rings. The fourth-order valence-corrected chi connectivity index (χ4v) is 3.25. The Morgan fingerprint density at radius 2 is 1.82 bits per heavy atom. The van der Waals surface area contributed by atoms with Crippen LogP contribution in [-0.4, -0.2) is 59.1 Å². The van der Waals surface area contributed by atoms with Crippen LogP contribution in [0, 0.1) is 0 Å². The Labute approximate surface area is 102 Å². The zero-order valence-electron chi connectivity index (χ0n) is 10.4. The minimum absolute atomic E-state index is 0.228. The van der Waals surface area contributed by atoms with Gasteiger partial charge in [-0.05, 0) is 12.8 Å². The highest BCUT2D eigenvalue weighted by atomic mass is 28.4. The van der Waals surface area contributed by atoms with E-state index in [1.165, 1.54) is 21.3 Å². The molecule has 1 unspecified atom stereocenters. The Morgan fingerprint density at radius 3 is 2.18 bits per heavy atom. The molecule has 0 saturated heterocycles. The lowest BCUT2D eigenvalue weighted by atomic mass is 10.2. The van der Waals surface area contributed by atoms with Crippen molar-refractivity contribution in [2.75, 3.05) is 27.9 Å². The quantitative estimate of drug-likeness (QED) is 0.519. The number of aliphatic hydroxyl groups excluding tert-OH is 1. The topological polar surface area (TPSA) is 97.3 Å². The maximum Gasteiger partial charge on any atom is 0.500 e. The lowest BCUT2D eigenvalue weighted by Crippen LogP contribution is -2.43. The first kappa shape index (κ1) is 16.3. The summed E-state index contributed by atoms with van der Waals surface area (Å²) in [6.07, 6.45) is 0.0127. The molecule has 1 atom stereocenters. The molecule has 0 fully saturated rings. The average Bonchev–Trinajstić information content (AvgIpc) is 2.33. The summed E-state index contributed by atoms with van der Waals surface area (Å²) in [6.45, 7) is -0.228. The minimum Gasteiger partial charge on any atom is -0.465 e. The predicted molar refractivity (Wildman–Crippen MR) is 62.9 cm³/mol. The number of carbonyl (C=O) groups is 1. The third-order valence-electron chi connectivity index (χ3n) is 2.52. The second-order valence-electron chi connectivity index (χ2n) is 3.52. The molecule has 0 aromatic rings. The van der Waals surface area contributed by atoms with Crippen LogP contribution in [-0.2, 0) is 13.3 Å². The average molecular weight is 267 g/mol. The van der Waals surface area contributed by atoms with E-state index in [1.807, 2.05) is 0 Å². The third-order valence-corrected chi connectivity index (χ3v) is 5.35. The third kappa shape index (κ3) is 5.98. The molecule has 0 spiro atoms. The molecular formula is C9H21NO6Si. The van der Waals surface area contributed by atoms with E-state index in [4.69, 9.17) is 23.5 Å². The molecule has 0 aromatic heterocycles. The highest BCUT2D eigenvalue weighted by Gasteiger charge is 2.37. The number of rotatable bonds is 9. The maximum atomic E-state index is 10.4. The van der Waals surface area contributed by atoms with Gasteiger partial charge in [-0.2, -0.15) is 0 Å². The molecule has 8 heteroatoms. The van der Waals surface area contributed by atoms with Crippen molar-refractivity contribution in [3.63, 3.8) is 0 Å². The Kier molecular flexibility index (Phi) is 8.09. The van der Waals surface area contributed by atoms with E-state index in [1.54, 1.807) is 0 Å². The summed E-state index contributed by atoms with van der Waals surface area (Å²) in [7, 11) is 1.98. The molecule has 3 N–H and O–H groups in total. The Balaban J connectivity index is 4.05. The molecule has 0 aliphatic carbocycles. The molecular weight excluding hydrogens is 246 g/mol. The van der Waals surface area contributed by atoms with Gasteiger partial charge in [0, 0.05) is 27.4 Å². The van der Waals surface area contributed by atoms with Crippen molar-refractivity contribution in [1.29, 1.82) is 0 Å². The van der Waals surface area contributed by atoms with Crippen LogP contribution in [0.15, 0.2) is 0 Å². The van der Waals surface area contributed by atoms with Crippen LogP contribution in [0.2, 0.25) is 6.04 Å². The second kappa shape index (κ2) is 8.42. The number of aliphatic hydroxyl groups is 1. The molecule has 7 nitrogen and oxygen atoms in total. The van der Waals surface area contributed by atoms with Gasteiger partial charge in [0.15, 0.2) is 0 Å². The smallest absolute Gasteiger partial charge is 0.465 e. The highest BCUT2D eigenvalue weighted by molar-refractivity contribution is 6.60. The van der Waals surface area contributed by atoms with Crippen molar-refractivity contribution < 1.29 is 28.3 Å². The van der Waals surface area contributed by atoms with Crippen LogP contribution >= 0.6 is 0 Å². The number of hydrogen-bond acceptors (Lipinski definition) is 5. The van der Waals surface area contributed by atoms with E-state index in [9.17, 15) is 4.79 Å². The van der Waals surface area contributed by atoms with Gasteiger partial charge in [-0.3, -0.25) is 0 Å². The van der Waals surface area contributed by atoms with Gasteiger partial charge in [0.2, 0.25) is 0 Å². The number of hydrogen-bond donors (Lipinski definition) is 3. The van der Waals surface area contributed by atoms with Gasteiger partial charge in [0.1, 0.15) is 0 Å². The predicted octanol–water partition coefficient (Wildman–Crippen LogP) is 0.273. The number of carboxylic acid groups (broad SMARTS) is 1. The van der Waals surface area contributed by atoms with Crippen LogP contribution in [0.5, 0.6) is 0 Å². The van der Waals surface area contributed by atoms with Gasteiger partial charge >= 0.3 is 14.9 Å². The normalized spacial score (nSPS) is 13.4. The van der Waals surface area contributed by atoms with Crippen molar-refractivity contribution in [3.8, 4) is 0 Å². The highest BCUT2D eigenvalue weighted by Crippen LogP contribution is 2.17. The summed E-state index contributed by atoms with van der Waals surface area (Å²) in [5.41, 5.74) is 0. The molecule has 0 aromatic carbocycles. The van der Waals surface area contributed by atoms with Crippen LogP contribution in [0.1, 0.15) is 12.8 Å². The molecule has 0 heterocycles. The number of nitrogens with one attached hydrogen (secondary N) is 1. The van der Waals surface area contributed by atoms with Crippen molar-refractivity contribution >= 4 is 14.9 Å². The molecule has 0 saturated carbocycles. The zero-order chi connectivity index (χ0) is 13.3. The summed E-state index contributed by atoms with van der Waals surface area (Å²) in [5, 5.41) is 19.7. The molecule has 1 amide bonds. The zero-order valence-corrected chi connectivity index (χ0v) is 11.4. The molecule has 0 rings (SSSR count). The van der Waals surface area contributed by atoms with Crippen LogP contribution in [0.4, 0.5) is 4.79 Å². The van der Waals surface area contributed by atoms with Crippen LogP contribution < -0.4 is 5.32 Å². The second-order valence-corrected chi connectivity index (χ2v) is 6.61. The van der Waals surface area contributed by atoms with Crippen molar-refractivity contribution in [2.45, 2.75) is 24.9 Å². The maximum absolute atomic E-state index is 10.4. The van der Waals surface area contributed by atoms with Gasteiger partial charge in [0.25, 0.3) is 0 Å². The van der Waals surface area contributed by atoms with E-state index in [-0.39, 0.29) is 6.61 Å². The first-order chi connectivity index (χ1) is 8.03.